The summed E-state index contributed by atoms with van der Waals surface area (Å²) >= 11 is 0. The molecular formula is C21H17F4O2S+. The zero-order valence-corrected chi connectivity index (χ0v) is 15.9. The highest BCUT2D eigenvalue weighted by molar-refractivity contribution is 7.97. The SMILES string of the molecule is COc1ccccc1[S+](c1cc(F)cc(C(F)(F)F)c1)c1ccccc1OC. The summed E-state index contributed by atoms with van der Waals surface area (Å²) in [5, 5.41) is 0. The van der Waals surface area contributed by atoms with Crippen molar-refractivity contribution in [3.63, 3.8) is 0 Å². The Kier molecular flexibility index (Phi) is 5.84. The van der Waals surface area contributed by atoms with Crippen LogP contribution in [0, 0.1) is 5.82 Å². The van der Waals surface area contributed by atoms with Crippen LogP contribution in [0.4, 0.5) is 17.6 Å². The molecular weight excluding hydrogens is 392 g/mol. The van der Waals surface area contributed by atoms with Crippen molar-refractivity contribution >= 4 is 10.9 Å². The fourth-order valence-corrected chi connectivity index (χ4v) is 5.15. The Balaban J connectivity index is 2.31. The van der Waals surface area contributed by atoms with Crippen LogP contribution in [-0.2, 0) is 17.1 Å². The number of ether oxygens (including phenoxy) is 2. The molecule has 2 nitrogen and oxygen atoms in total. The number of hydrogen-bond donors (Lipinski definition) is 0. The molecule has 146 valence electrons. The van der Waals surface area contributed by atoms with Crippen molar-refractivity contribution in [2.75, 3.05) is 14.2 Å². The minimum Gasteiger partial charge on any atom is -0.491 e. The average Bonchev–Trinajstić information content (AvgIpc) is 2.68. The zero-order valence-electron chi connectivity index (χ0n) is 15.1. The van der Waals surface area contributed by atoms with Crippen LogP contribution in [0.1, 0.15) is 5.56 Å². The van der Waals surface area contributed by atoms with Gasteiger partial charge < -0.3 is 9.47 Å². The molecule has 3 aromatic rings. The Morgan fingerprint density at radius 3 is 1.71 bits per heavy atom. The van der Waals surface area contributed by atoms with Crippen molar-refractivity contribution < 1.29 is 27.0 Å². The molecule has 28 heavy (non-hydrogen) atoms. The van der Waals surface area contributed by atoms with Gasteiger partial charge in [-0.3, -0.25) is 0 Å². The second-order valence-electron chi connectivity index (χ2n) is 5.78. The number of hydrogen-bond acceptors (Lipinski definition) is 2. The van der Waals surface area contributed by atoms with Crippen molar-refractivity contribution in [1.82, 2.24) is 0 Å². The van der Waals surface area contributed by atoms with E-state index in [0.717, 1.165) is 12.1 Å². The summed E-state index contributed by atoms with van der Waals surface area (Å²) in [6.45, 7) is 0. The second kappa shape index (κ2) is 8.14. The van der Waals surface area contributed by atoms with Crippen LogP contribution in [-0.4, -0.2) is 14.2 Å². The van der Waals surface area contributed by atoms with Gasteiger partial charge in [0.25, 0.3) is 0 Å². The Hall–Kier alpha value is -2.67. The molecule has 0 amide bonds. The predicted octanol–water partition coefficient (Wildman–Crippen LogP) is 5.96. The lowest BCUT2D eigenvalue weighted by Gasteiger charge is -2.15. The van der Waals surface area contributed by atoms with E-state index in [4.69, 9.17) is 9.47 Å². The van der Waals surface area contributed by atoms with Crippen LogP contribution >= 0.6 is 0 Å². The van der Waals surface area contributed by atoms with Crippen LogP contribution in [0.25, 0.3) is 0 Å². The summed E-state index contributed by atoms with van der Waals surface area (Å²) in [6, 6.07) is 16.6. The first-order valence-corrected chi connectivity index (χ1v) is 9.45. The first-order chi connectivity index (χ1) is 13.3. The zero-order chi connectivity index (χ0) is 20.3. The van der Waals surface area contributed by atoms with E-state index in [-0.39, 0.29) is 4.90 Å². The molecule has 0 spiro atoms. The highest BCUT2D eigenvalue weighted by Crippen LogP contribution is 2.42. The summed E-state index contributed by atoms with van der Waals surface area (Å²) in [5.74, 6) is 0.0382. The van der Waals surface area contributed by atoms with Crippen molar-refractivity contribution in [2.24, 2.45) is 0 Å². The Morgan fingerprint density at radius 1 is 0.750 bits per heavy atom. The molecule has 0 radical (unpaired) electrons. The monoisotopic (exact) mass is 409 g/mol. The molecule has 7 heteroatoms. The number of halogens is 4. The lowest BCUT2D eigenvalue weighted by Crippen LogP contribution is -2.12. The van der Waals surface area contributed by atoms with Crippen molar-refractivity contribution in [3.8, 4) is 11.5 Å². The topological polar surface area (TPSA) is 18.5 Å². The van der Waals surface area contributed by atoms with E-state index in [1.165, 1.54) is 14.2 Å². The maximum atomic E-state index is 14.2. The average molecular weight is 409 g/mol. The number of benzene rings is 3. The molecule has 0 aromatic heterocycles. The molecule has 3 rings (SSSR count). The van der Waals surface area contributed by atoms with Gasteiger partial charge in [-0.1, -0.05) is 24.3 Å². The van der Waals surface area contributed by atoms with Gasteiger partial charge in [0.1, 0.15) is 16.7 Å². The minimum absolute atomic E-state index is 0.182. The normalized spacial score (nSPS) is 11.5. The number of methoxy groups -OCH3 is 2. The molecule has 0 saturated carbocycles. The Morgan fingerprint density at radius 2 is 1.25 bits per heavy atom. The quantitative estimate of drug-likeness (QED) is 0.383. The Labute approximate surface area is 163 Å². The van der Waals surface area contributed by atoms with Gasteiger partial charge in [-0.15, -0.1) is 0 Å². The fraction of sp³-hybridized carbons (Fsp3) is 0.143. The highest BCUT2D eigenvalue weighted by atomic mass is 32.2. The van der Waals surface area contributed by atoms with E-state index in [1.807, 2.05) is 0 Å². The lowest BCUT2D eigenvalue weighted by atomic mass is 10.2. The number of alkyl halides is 3. The van der Waals surface area contributed by atoms with Gasteiger partial charge in [0.2, 0.25) is 9.79 Å². The van der Waals surface area contributed by atoms with Gasteiger partial charge >= 0.3 is 6.18 Å². The highest BCUT2D eigenvalue weighted by Gasteiger charge is 2.38. The maximum absolute atomic E-state index is 14.2. The van der Waals surface area contributed by atoms with Crippen molar-refractivity contribution in [2.45, 2.75) is 20.9 Å². The third kappa shape index (κ3) is 4.09. The summed E-state index contributed by atoms with van der Waals surface area (Å²) in [7, 11) is 1.88. The first kappa shape index (κ1) is 20.1. The molecule has 0 saturated heterocycles. The second-order valence-corrected chi connectivity index (χ2v) is 7.74. The van der Waals surface area contributed by atoms with Crippen molar-refractivity contribution in [1.29, 1.82) is 0 Å². The van der Waals surface area contributed by atoms with Crippen LogP contribution in [0.15, 0.2) is 81.4 Å². The minimum atomic E-state index is -4.66. The van der Waals surface area contributed by atoms with E-state index in [9.17, 15) is 17.6 Å². The fourth-order valence-electron chi connectivity index (χ4n) is 2.79. The van der Waals surface area contributed by atoms with Gasteiger partial charge in [0.05, 0.1) is 19.8 Å². The number of rotatable bonds is 5. The van der Waals surface area contributed by atoms with Gasteiger partial charge in [-0.25, -0.2) is 4.39 Å². The molecule has 0 aliphatic heterocycles. The summed E-state index contributed by atoms with van der Waals surface area (Å²) in [5.41, 5.74) is -1.04. The van der Waals surface area contributed by atoms with Crippen LogP contribution in [0.2, 0.25) is 0 Å². The third-order valence-electron chi connectivity index (χ3n) is 4.01. The molecule has 0 aliphatic carbocycles. The molecule has 0 N–H and O–H groups in total. The molecule has 0 heterocycles. The van der Waals surface area contributed by atoms with Crippen molar-refractivity contribution in [3.05, 3.63) is 78.1 Å². The van der Waals surface area contributed by atoms with Crippen LogP contribution in [0.5, 0.6) is 11.5 Å². The molecule has 0 fully saturated rings. The third-order valence-corrected chi connectivity index (χ3v) is 6.27. The lowest BCUT2D eigenvalue weighted by molar-refractivity contribution is -0.137. The maximum Gasteiger partial charge on any atom is 0.416 e. The smallest absolute Gasteiger partial charge is 0.416 e. The van der Waals surface area contributed by atoms with Gasteiger partial charge in [0, 0.05) is 12.1 Å². The molecule has 0 bridgehead atoms. The van der Waals surface area contributed by atoms with Gasteiger partial charge in [0.15, 0.2) is 16.4 Å². The predicted molar refractivity (Wildman–Crippen MR) is 99.6 cm³/mol. The molecule has 0 atom stereocenters. The first-order valence-electron chi connectivity index (χ1n) is 8.23. The van der Waals surface area contributed by atoms with Gasteiger partial charge in [-0.2, -0.15) is 13.2 Å². The van der Waals surface area contributed by atoms with E-state index in [2.05, 4.69) is 0 Å². The summed E-state index contributed by atoms with van der Waals surface area (Å²) in [6.07, 6.45) is -4.66. The van der Waals surface area contributed by atoms with Crippen LogP contribution in [0.3, 0.4) is 0 Å². The molecule has 0 unspecified atom stereocenters. The largest absolute Gasteiger partial charge is 0.491 e. The summed E-state index contributed by atoms with van der Waals surface area (Å²) < 4.78 is 64.9. The molecule has 3 aromatic carbocycles. The number of para-hydroxylation sites is 2. The van der Waals surface area contributed by atoms with Crippen LogP contribution < -0.4 is 9.47 Å². The Bertz CT molecular complexity index is 925. The molecule has 0 aliphatic rings. The van der Waals surface area contributed by atoms with E-state index < -0.39 is 28.5 Å². The van der Waals surface area contributed by atoms with Gasteiger partial charge in [-0.05, 0) is 30.3 Å². The van der Waals surface area contributed by atoms with E-state index in [0.29, 0.717) is 27.4 Å². The van der Waals surface area contributed by atoms with E-state index >= 15 is 0 Å². The summed E-state index contributed by atoms with van der Waals surface area (Å²) in [4.78, 5) is 1.45. The van der Waals surface area contributed by atoms with E-state index in [1.54, 1.807) is 48.5 Å². The standard InChI is InChI=1S/C21H17F4O2S/c1-26-17-7-3-5-9-19(17)28(20-10-6-4-8-18(20)27-2)16-12-14(21(23,24)25)11-15(22)13-16/h3-13H,1-2H3/q+1.